The number of rotatable bonds is 7. The minimum atomic E-state index is 0.145. The number of hydrogen-bond acceptors (Lipinski definition) is 4. The standard InChI is InChI=1S/C14H27N5O/c1-7-19(8-2)13(20)10-17(5)14-12(9-15-4)11(3)16-18(14)6/h15H,7-10H2,1-6H3. The molecule has 0 fully saturated rings. The van der Waals surface area contributed by atoms with E-state index >= 15 is 0 Å². The van der Waals surface area contributed by atoms with E-state index in [1.807, 2.05) is 56.4 Å². The molecule has 0 saturated heterocycles. The third-order valence-electron chi connectivity index (χ3n) is 3.52. The van der Waals surface area contributed by atoms with E-state index in [0.717, 1.165) is 36.7 Å². The van der Waals surface area contributed by atoms with Gasteiger partial charge in [0.2, 0.25) is 5.91 Å². The zero-order valence-electron chi connectivity index (χ0n) is 13.5. The minimum Gasteiger partial charge on any atom is -0.350 e. The maximum atomic E-state index is 12.2. The molecule has 114 valence electrons. The number of amides is 1. The van der Waals surface area contributed by atoms with Gasteiger partial charge in [-0.3, -0.25) is 9.48 Å². The van der Waals surface area contributed by atoms with Gasteiger partial charge in [-0.1, -0.05) is 0 Å². The van der Waals surface area contributed by atoms with Crippen LogP contribution < -0.4 is 10.2 Å². The van der Waals surface area contributed by atoms with Gasteiger partial charge in [-0.2, -0.15) is 5.10 Å². The van der Waals surface area contributed by atoms with Crippen molar-refractivity contribution in [2.24, 2.45) is 7.05 Å². The molecule has 0 atom stereocenters. The van der Waals surface area contributed by atoms with Gasteiger partial charge < -0.3 is 15.1 Å². The molecule has 0 bridgehead atoms. The first-order valence-electron chi connectivity index (χ1n) is 7.12. The summed E-state index contributed by atoms with van der Waals surface area (Å²) in [6.45, 7) is 8.62. The summed E-state index contributed by atoms with van der Waals surface area (Å²) in [7, 11) is 5.77. The molecule has 0 spiro atoms. The summed E-state index contributed by atoms with van der Waals surface area (Å²) in [5.74, 6) is 1.14. The fraction of sp³-hybridized carbons (Fsp3) is 0.714. The van der Waals surface area contributed by atoms with Gasteiger partial charge in [0.1, 0.15) is 5.82 Å². The van der Waals surface area contributed by atoms with Crippen LogP contribution in [0.4, 0.5) is 5.82 Å². The van der Waals surface area contributed by atoms with Gasteiger partial charge in [0.15, 0.2) is 0 Å². The highest BCUT2D eigenvalue weighted by molar-refractivity contribution is 5.81. The number of hydrogen-bond donors (Lipinski definition) is 1. The summed E-state index contributed by atoms with van der Waals surface area (Å²) in [6, 6.07) is 0. The van der Waals surface area contributed by atoms with E-state index in [4.69, 9.17) is 0 Å². The molecule has 0 aliphatic rings. The Hall–Kier alpha value is -1.56. The maximum absolute atomic E-state index is 12.2. The highest BCUT2D eigenvalue weighted by Gasteiger charge is 2.19. The van der Waals surface area contributed by atoms with Crippen LogP contribution in [0, 0.1) is 6.92 Å². The van der Waals surface area contributed by atoms with Crippen molar-refractivity contribution < 1.29 is 4.79 Å². The molecular formula is C14H27N5O. The van der Waals surface area contributed by atoms with Gasteiger partial charge >= 0.3 is 0 Å². The molecule has 0 saturated carbocycles. The van der Waals surface area contributed by atoms with Crippen LogP contribution in [0.5, 0.6) is 0 Å². The molecule has 20 heavy (non-hydrogen) atoms. The van der Waals surface area contributed by atoms with Gasteiger partial charge in [0.25, 0.3) is 0 Å². The summed E-state index contributed by atoms with van der Waals surface area (Å²) in [5, 5.41) is 7.61. The summed E-state index contributed by atoms with van der Waals surface area (Å²) >= 11 is 0. The lowest BCUT2D eigenvalue weighted by Crippen LogP contribution is -2.39. The Balaban J connectivity index is 2.92. The molecule has 1 rings (SSSR count). The number of likely N-dealkylation sites (N-methyl/N-ethyl adjacent to an activating group) is 2. The summed E-state index contributed by atoms with van der Waals surface area (Å²) < 4.78 is 1.84. The molecule has 6 heteroatoms. The average molecular weight is 281 g/mol. The van der Waals surface area contributed by atoms with E-state index in [0.29, 0.717) is 6.54 Å². The van der Waals surface area contributed by atoms with Crippen molar-refractivity contribution in [1.82, 2.24) is 20.0 Å². The van der Waals surface area contributed by atoms with Crippen molar-refractivity contribution in [1.29, 1.82) is 0 Å². The number of nitrogens with zero attached hydrogens (tertiary/aromatic N) is 4. The predicted octanol–water partition coefficient (Wildman–Crippen LogP) is 0.753. The zero-order valence-corrected chi connectivity index (χ0v) is 13.5. The SMILES string of the molecule is CCN(CC)C(=O)CN(C)c1c(CNC)c(C)nn1C. The van der Waals surface area contributed by atoms with Crippen molar-refractivity contribution in [3.63, 3.8) is 0 Å². The number of aryl methyl sites for hydroxylation is 2. The summed E-state index contributed by atoms with van der Waals surface area (Å²) in [5.41, 5.74) is 2.14. The number of nitrogens with one attached hydrogen (secondary N) is 1. The van der Waals surface area contributed by atoms with Crippen molar-refractivity contribution in [2.45, 2.75) is 27.3 Å². The number of carbonyl (C=O) groups excluding carboxylic acids is 1. The number of aromatic nitrogens is 2. The normalized spacial score (nSPS) is 10.7. The van der Waals surface area contributed by atoms with E-state index in [9.17, 15) is 4.79 Å². The first-order valence-corrected chi connectivity index (χ1v) is 7.12. The molecule has 0 aromatic carbocycles. The average Bonchev–Trinajstić information content (AvgIpc) is 2.66. The van der Waals surface area contributed by atoms with Crippen LogP contribution >= 0.6 is 0 Å². The molecule has 1 amide bonds. The van der Waals surface area contributed by atoms with Crippen LogP contribution in [0.1, 0.15) is 25.1 Å². The lowest BCUT2D eigenvalue weighted by atomic mass is 10.2. The first kappa shape index (κ1) is 16.5. The van der Waals surface area contributed by atoms with Crippen molar-refractivity contribution >= 4 is 11.7 Å². The van der Waals surface area contributed by atoms with Crippen LogP contribution in [0.25, 0.3) is 0 Å². The van der Waals surface area contributed by atoms with Gasteiger partial charge in [-0.05, 0) is 27.8 Å². The lowest BCUT2D eigenvalue weighted by Gasteiger charge is -2.25. The van der Waals surface area contributed by atoms with Crippen LogP contribution in [-0.2, 0) is 18.4 Å². The Morgan fingerprint density at radius 2 is 1.95 bits per heavy atom. The molecule has 1 aromatic rings. The van der Waals surface area contributed by atoms with Crippen LogP contribution in [0.15, 0.2) is 0 Å². The lowest BCUT2D eigenvalue weighted by molar-refractivity contribution is -0.129. The van der Waals surface area contributed by atoms with Gasteiger partial charge in [0, 0.05) is 39.3 Å². The monoisotopic (exact) mass is 281 g/mol. The second-order valence-electron chi connectivity index (χ2n) is 4.96. The van der Waals surface area contributed by atoms with Crippen LogP contribution in [-0.4, -0.2) is 54.3 Å². The fourth-order valence-electron chi connectivity index (χ4n) is 2.51. The second kappa shape index (κ2) is 7.28. The summed E-state index contributed by atoms with van der Waals surface area (Å²) in [4.78, 5) is 16.0. The van der Waals surface area contributed by atoms with Crippen LogP contribution in [0.3, 0.4) is 0 Å². The number of anilines is 1. The molecule has 1 N–H and O–H groups in total. The van der Waals surface area contributed by atoms with Gasteiger partial charge in [-0.25, -0.2) is 0 Å². The van der Waals surface area contributed by atoms with E-state index in [2.05, 4.69) is 10.4 Å². The maximum Gasteiger partial charge on any atom is 0.242 e. The Kier molecular flexibility index (Phi) is 6.01. The largest absolute Gasteiger partial charge is 0.350 e. The Morgan fingerprint density at radius 3 is 2.45 bits per heavy atom. The van der Waals surface area contributed by atoms with Crippen molar-refractivity contribution in [3.8, 4) is 0 Å². The van der Waals surface area contributed by atoms with Gasteiger partial charge in [-0.15, -0.1) is 0 Å². The Bertz CT molecular complexity index is 451. The third-order valence-corrected chi connectivity index (χ3v) is 3.52. The molecule has 0 aliphatic carbocycles. The molecule has 6 nitrogen and oxygen atoms in total. The molecule has 1 aromatic heterocycles. The zero-order chi connectivity index (χ0) is 15.3. The Labute approximate surface area is 121 Å². The molecule has 1 heterocycles. The quantitative estimate of drug-likeness (QED) is 0.801. The van der Waals surface area contributed by atoms with E-state index in [1.54, 1.807) is 0 Å². The Morgan fingerprint density at radius 1 is 1.35 bits per heavy atom. The third kappa shape index (κ3) is 3.50. The van der Waals surface area contributed by atoms with E-state index < -0.39 is 0 Å². The molecule has 0 unspecified atom stereocenters. The topological polar surface area (TPSA) is 53.4 Å². The highest BCUT2D eigenvalue weighted by atomic mass is 16.2. The van der Waals surface area contributed by atoms with Crippen molar-refractivity contribution in [3.05, 3.63) is 11.3 Å². The second-order valence-corrected chi connectivity index (χ2v) is 4.96. The molecule has 0 radical (unpaired) electrons. The number of carbonyl (C=O) groups is 1. The minimum absolute atomic E-state index is 0.145. The van der Waals surface area contributed by atoms with Gasteiger partial charge in [0.05, 0.1) is 12.2 Å². The highest BCUT2D eigenvalue weighted by Crippen LogP contribution is 2.22. The van der Waals surface area contributed by atoms with Crippen molar-refractivity contribution in [2.75, 3.05) is 38.6 Å². The first-order chi connectivity index (χ1) is 9.46. The smallest absolute Gasteiger partial charge is 0.242 e. The molecule has 0 aliphatic heterocycles. The predicted molar refractivity (Wildman–Crippen MR) is 81.9 cm³/mol. The summed E-state index contributed by atoms with van der Waals surface area (Å²) in [6.07, 6.45) is 0. The van der Waals surface area contributed by atoms with E-state index in [-0.39, 0.29) is 5.91 Å². The van der Waals surface area contributed by atoms with E-state index in [1.165, 1.54) is 0 Å². The molecular weight excluding hydrogens is 254 g/mol. The van der Waals surface area contributed by atoms with Crippen LogP contribution in [0.2, 0.25) is 0 Å². The fourth-order valence-corrected chi connectivity index (χ4v) is 2.51.